The molecule has 0 radical (unpaired) electrons. The highest BCUT2D eigenvalue weighted by molar-refractivity contribution is 5.94. The minimum atomic E-state index is -0.00274. The number of hydrogen-bond acceptors (Lipinski definition) is 3. The Morgan fingerprint density at radius 2 is 1.86 bits per heavy atom. The average molecular weight is 377 g/mol. The van der Waals surface area contributed by atoms with E-state index in [1.54, 1.807) is 24.5 Å². The van der Waals surface area contributed by atoms with Crippen molar-refractivity contribution < 1.29 is 9.59 Å². The molecule has 1 aliphatic carbocycles. The van der Waals surface area contributed by atoms with Gasteiger partial charge in [0.05, 0.1) is 11.6 Å². The summed E-state index contributed by atoms with van der Waals surface area (Å²) < 4.78 is 0. The molecule has 28 heavy (non-hydrogen) atoms. The number of likely N-dealkylation sites (tertiary alicyclic amines) is 1. The van der Waals surface area contributed by atoms with Crippen LogP contribution in [0.25, 0.3) is 0 Å². The minimum Gasteiger partial charge on any atom is -0.339 e. The van der Waals surface area contributed by atoms with Gasteiger partial charge in [0.15, 0.2) is 0 Å². The molecular formula is C23H27N3O2. The van der Waals surface area contributed by atoms with Crippen LogP contribution in [0.4, 0.5) is 0 Å². The highest BCUT2D eigenvalue weighted by Crippen LogP contribution is 2.35. The van der Waals surface area contributed by atoms with Gasteiger partial charge in [0.25, 0.3) is 5.91 Å². The van der Waals surface area contributed by atoms with Gasteiger partial charge < -0.3 is 9.80 Å². The van der Waals surface area contributed by atoms with Crippen molar-refractivity contribution in [2.24, 2.45) is 5.92 Å². The molecule has 1 aromatic heterocycles. The van der Waals surface area contributed by atoms with E-state index in [0.717, 1.165) is 32.1 Å². The van der Waals surface area contributed by atoms with Crippen LogP contribution in [0.3, 0.4) is 0 Å². The average Bonchev–Trinajstić information content (AvgIpc) is 2.78. The standard InChI is InChI=1S/C23H27N3O2/c1-25(21-10-4-7-17-6-2-3-9-20(17)21)22(27)18-11-14-26(15-12-18)23(28)19-8-5-13-24-16-19/h2-3,5-6,8-9,13,16,18,21H,4,7,10-12,14-15H2,1H3/t21-/m0/s1. The first-order valence-corrected chi connectivity index (χ1v) is 10.2. The molecule has 2 heterocycles. The summed E-state index contributed by atoms with van der Waals surface area (Å²) >= 11 is 0. The molecule has 0 bridgehead atoms. The molecule has 2 amide bonds. The van der Waals surface area contributed by atoms with Gasteiger partial charge in [-0.3, -0.25) is 14.6 Å². The zero-order valence-corrected chi connectivity index (χ0v) is 16.4. The van der Waals surface area contributed by atoms with Gasteiger partial charge in [0.1, 0.15) is 0 Å². The second-order valence-corrected chi connectivity index (χ2v) is 7.86. The van der Waals surface area contributed by atoms with Crippen LogP contribution in [-0.2, 0) is 11.2 Å². The Kier molecular flexibility index (Phi) is 5.42. The fourth-order valence-electron chi connectivity index (χ4n) is 4.57. The highest BCUT2D eigenvalue weighted by Gasteiger charge is 2.33. The van der Waals surface area contributed by atoms with Crippen molar-refractivity contribution in [1.29, 1.82) is 0 Å². The Hall–Kier alpha value is -2.69. The number of amides is 2. The molecule has 4 rings (SSSR count). The number of rotatable bonds is 3. The number of carbonyl (C=O) groups excluding carboxylic acids is 2. The monoisotopic (exact) mass is 377 g/mol. The van der Waals surface area contributed by atoms with Crippen LogP contribution in [0.15, 0.2) is 48.8 Å². The predicted molar refractivity (Wildman–Crippen MR) is 108 cm³/mol. The van der Waals surface area contributed by atoms with Crippen LogP contribution in [0.5, 0.6) is 0 Å². The van der Waals surface area contributed by atoms with Crippen molar-refractivity contribution in [2.75, 3.05) is 20.1 Å². The maximum absolute atomic E-state index is 13.2. The van der Waals surface area contributed by atoms with Crippen molar-refractivity contribution in [2.45, 2.75) is 38.1 Å². The maximum Gasteiger partial charge on any atom is 0.255 e. The van der Waals surface area contributed by atoms with Crippen molar-refractivity contribution in [3.63, 3.8) is 0 Å². The molecule has 1 aliphatic heterocycles. The van der Waals surface area contributed by atoms with Gasteiger partial charge >= 0.3 is 0 Å². The van der Waals surface area contributed by atoms with Gasteiger partial charge in [0, 0.05) is 38.4 Å². The number of hydrogen-bond donors (Lipinski definition) is 0. The molecule has 2 aliphatic rings. The summed E-state index contributed by atoms with van der Waals surface area (Å²) in [5.41, 5.74) is 3.28. The second-order valence-electron chi connectivity index (χ2n) is 7.86. The third-order valence-electron chi connectivity index (χ3n) is 6.19. The lowest BCUT2D eigenvalue weighted by atomic mass is 9.86. The molecule has 5 nitrogen and oxygen atoms in total. The number of aryl methyl sites for hydroxylation is 1. The van der Waals surface area contributed by atoms with Gasteiger partial charge in [-0.05, 0) is 55.4 Å². The Labute approximate surface area is 166 Å². The topological polar surface area (TPSA) is 53.5 Å². The fraction of sp³-hybridized carbons (Fsp3) is 0.435. The molecule has 5 heteroatoms. The summed E-state index contributed by atoms with van der Waals surface area (Å²) in [6.07, 6.45) is 7.97. The van der Waals surface area contributed by atoms with Crippen LogP contribution < -0.4 is 0 Å². The molecule has 1 saturated heterocycles. The van der Waals surface area contributed by atoms with E-state index in [1.807, 2.05) is 16.8 Å². The number of carbonyl (C=O) groups is 2. The second kappa shape index (κ2) is 8.13. The van der Waals surface area contributed by atoms with E-state index in [4.69, 9.17) is 0 Å². The zero-order chi connectivity index (χ0) is 19.5. The van der Waals surface area contributed by atoms with Crippen LogP contribution >= 0.6 is 0 Å². The lowest BCUT2D eigenvalue weighted by molar-refractivity contribution is -0.138. The maximum atomic E-state index is 13.2. The summed E-state index contributed by atoms with van der Waals surface area (Å²) in [4.78, 5) is 33.6. The van der Waals surface area contributed by atoms with E-state index in [2.05, 4.69) is 29.2 Å². The largest absolute Gasteiger partial charge is 0.339 e. The molecule has 1 aromatic carbocycles. The van der Waals surface area contributed by atoms with Gasteiger partial charge in [-0.15, -0.1) is 0 Å². The third kappa shape index (κ3) is 3.66. The quantitative estimate of drug-likeness (QED) is 0.823. The van der Waals surface area contributed by atoms with E-state index in [1.165, 1.54) is 11.1 Å². The van der Waals surface area contributed by atoms with Crippen molar-refractivity contribution in [3.8, 4) is 0 Å². The lowest BCUT2D eigenvalue weighted by Gasteiger charge is -2.38. The summed E-state index contributed by atoms with van der Waals surface area (Å²) in [6, 6.07) is 12.2. The molecule has 0 N–H and O–H groups in total. The molecule has 0 saturated carbocycles. The minimum absolute atomic E-state index is 0.00274. The van der Waals surface area contributed by atoms with E-state index < -0.39 is 0 Å². The first-order valence-electron chi connectivity index (χ1n) is 10.2. The first kappa shape index (κ1) is 18.7. The Morgan fingerprint density at radius 3 is 2.61 bits per heavy atom. The Balaban J connectivity index is 1.39. The van der Waals surface area contributed by atoms with Gasteiger partial charge in [-0.2, -0.15) is 0 Å². The van der Waals surface area contributed by atoms with E-state index >= 15 is 0 Å². The lowest BCUT2D eigenvalue weighted by Crippen LogP contribution is -2.44. The molecule has 2 aromatic rings. The number of piperidine rings is 1. The van der Waals surface area contributed by atoms with Crippen LogP contribution in [0, 0.1) is 5.92 Å². The number of benzene rings is 1. The summed E-state index contributed by atoms with van der Waals surface area (Å²) in [6.45, 7) is 1.25. The number of nitrogens with zero attached hydrogens (tertiary/aromatic N) is 3. The van der Waals surface area contributed by atoms with E-state index in [0.29, 0.717) is 18.7 Å². The summed E-state index contributed by atoms with van der Waals surface area (Å²) in [7, 11) is 1.95. The van der Waals surface area contributed by atoms with Gasteiger partial charge in [-0.25, -0.2) is 0 Å². The van der Waals surface area contributed by atoms with Crippen molar-refractivity contribution in [1.82, 2.24) is 14.8 Å². The predicted octanol–water partition coefficient (Wildman–Crippen LogP) is 3.47. The zero-order valence-electron chi connectivity index (χ0n) is 16.4. The van der Waals surface area contributed by atoms with Crippen LogP contribution in [0.1, 0.15) is 53.2 Å². The molecule has 1 atom stereocenters. The molecule has 0 spiro atoms. The van der Waals surface area contributed by atoms with E-state index in [-0.39, 0.29) is 23.8 Å². The first-order chi connectivity index (χ1) is 13.6. The van der Waals surface area contributed by atoms with Crippen molar-refractivity contribution >= 4 is 11.8 Å². The SMILES string of the molecule is CN(C(=O)C1CCN(C(=O)c2cccnc2)CC1)[C@H]1CCCc2ccccc21. The molecular weight excluding hydrogens is 350 g/mol. The molecule has 1 fully saturated rings. The fourth-order valence-corrected chi connectivity index (χ4v) is 4.57. The normalized spacial score (nSPS) is 19.8. The smallest absolute Gasteiger partial charge is 0.255 e. The number of pyridine rings is 1. The van der Waals surface area contributed by atoms with Crippen molar-refractivity contribution in [3.05, 3.63) is 65.5 Å². The van der Waals surface area contributed by atoms with Gasteiger partial charge in [-0.1, -0.05) is 24.3 Å². The number of aromatic nitrogens is 1. The van der Waals surface area contributed by atoms with Gasteiger partial charge in [0.2, 0.25) is 5.91 Å². The molecule has 0 unspecified atom stereocenters. The molecule has 146 valence electrons. The highest BCUT2D eigenvalue weighted by atomic mass is 16.2. The van der Waals surface area contributed by atoms with Crippen LogP contribution in [-0.4, -0.2) is 46.7 Å². The Morgan fingerprint density at radius 1 is 1.07 bits per heavy atom. The third-order valence-corrected chi connectivity index (χ3v) is 6.19. The van der Waals surface area contributed by atoms with Crippen LogP contribution in [0.2, 0.25) is 0 Å². The number of fused-ring (bicyclic) bond motifs is 1. The summed E-state index contributed by atoms with van der Waals surface area (Å²) in [5.74, 6) is 0.223. The van der Waals surface area contributed by atoms with E-state index in [9.17, 15) is 9.59 Å². The summed E-state index contributed by atoms with van der Waals surface area (Å²) in [5, 5.41) is 0. The Bertz CT molecular complexity index is 844.